The predicted molar refractivity (Wildman–Crippen MR) is 65.9 cm³/mol. The van der Waals surface area contributed by atoms with E-state index in [1.807, 2.05) is 30.3 Å². The van der Waals surface area contributed by atoms with Crippen LogP contribution in [0.3, 0.4) is 0 Å². The van der Waals surface area contributed by atoms with Crippen molar-refractivity contribution in [3.8, 4) is 0 Å². The summed E-state index contributed by atoms with van der Waals surface area (Å²) in [5.41, 5.74) is 1.16. The highest BCUT2D eigenvalue weighted by molar-refractivity contribution is 5.82. The number of hydroxylamine groups is 2. The van der Waals surface area contributed by atoms with Crippen LogP contribution in [-0.2, 0) is 16.2 Å². The maximum atomic E-state index is 11.5. The smallest absolute Gasteiger partial charge is 0.248 e. The summed E-state index contributed by atoms with van der Waals surface area (Å²) in [7, 11) is 0. The summed E-state index contributed by atoms with van der Waals surface area (Å²) >= 11 is 0. The van der Waals surface area contributed by atoms with Crippen molar-refractivity contribution in [2.45, 2.75) is 39.8 Å². The Morgan fingerprint density at radius 2 is 1.94 bits per heavy atom. The van der Waals surface area contributed by atoms with E-state index in [2.05, 4.69) is 20.8 Å². The molecule has 1 fully saturated rings. The van der Waals surface area contributed by atoms with Crippen LogP contribution in [0.4, 0.5) is 0 Å². The van der Waals surface area contributed by atoms with Crippen molar-refractivity contribution in [3.05, 3.63) is 35.9 Å². The topological polar surface area (TPSA) is 29.5 Å². The Morgan fingerprint density at radius 3 is 2.47 bits per heavy atom. The zero-order valence-corrected chi connectivity index (χ0v) is 10.6. The van der Waals surface area contributed by atoms with Crippen molar-refractivity contribution in [1.82, 2.24) is 5.06 Å². The number of hydrogen-bond donors (Lipinski definition) is 0. The third kappa shape index (κ3) is 2.67. The lowest BCUT2D eigenvalue weighted by atomic mass is 9.80. The van der Waals surface area contributed by atoms with E-state index in [0.29, 0.717) is 13.0 Å². The van der Waals surface area contributed by atoms with Gasteiger partial charge in [-0.05, 0) is 11.0 Å². The summed E-state index contributed by atoms with van der Waals surface area (Å²) in [4.78, 5) is 17.1. The average Bonchev–Trinajstić information content (AvgIpc) is 2.26. The van der Waals surface area contributed by atoms with Gasteiger partial charge >= 0.3 is 0 Å². The highest BCUT2D eigenvalue weighted by Gasteiger charge is 2.44. The molecule has 92 valence electrons. The Kier molecular flexibility index (Phi) is 3.20. The van der Waals surface area contributed by atoms with Crippen LogP contribution in [0.25, 0.3) is 0 Å². The van der Waals surface area contributed by atoms with Crippen LogP contribution in [0, 0.1) is 5.41 Å². The van der Waals surface area contributed by atoms with Gasteiger partial charge in [-0.1, -0.05) is 51.1 Å². The SMILES string of the molecule is CC(C)(C)C1CC(=O)N1OCc1ccccc1. The monoisotopic (exact) mass is 233 g/mol. The first-order valence-electron chi connectivity index (χ1n) is 5.97. The number of benzene rings is 1. The van der Waals surface area contributed by atoms with Crippen LogP contribution in [0.15, 0.2) is 30.3 Å². The van der Waals surface area contributed by atoms with Gasteiger partial charge in [-0.3, -0.25) is 9.63 Å². The van der Waals surface area contributed by atoms with Crippen LogP contribution in [0.1, 0.15) is 32.8 Å². The lowest BCUT2D eigenvalue weighted by Crippen LogP contribution is -2.57. The molecule has 0 N–H and O–H groups in total. The molecule has 1 aromatic rings. The molecule has 1 aliphatic rings. The van der Waals surface area contributed by atoms with Gasteiger partial charge in [0, 0.05) is 0 Å². The number of carbonyl (C=O) groups is 1. The molecule has 0 aliphatic carbocycles. The quantitative estimate of drug-likeness (QED) is 0.751. The van der Waals surface area contributed by atoms with E-state index in [-0.39, 0.29) is 17.4 Å². The molecule has 3 nitrogen and oxygen atoms in total. The minimum absolute atomic E-state index is 0.0740. The second kappa shape index (κ2) is 4.49. The van der Waals surface area contributed by atoms with E-state index in [1.165, 1.54) is 5.06 Å². The predicted octanol–water partition coefficient (Wildman–Crippen LogP) is 2.77. The summed E-state index contributed by atoms with van der Waals surface area (Å²) in [5, 5.41) is 1.53. The molecule has 0 aromatic heterocycles. The van der Waals surface area contributed by atoms with Gasteiger partial charge in [-0.15, -0.1) is 0 Å². The Balaban J connectivity index is 1.93. The standard InChI is InChI=1S/C14H19NO2/c1-14(2,3)12-9-13(16)15(12)17-10-11-7-5-4-6-8-11/h4-8,12H,9-10H2,1-3H3. The normalized spacial score (nSPS) is 20.3. The van der Waals surface area contributed by atoms with Gasteiger partial charge in [0.1, 0.15) is 6.61 Å². The van der Waals surface area contributed by atoms with Gasteiger partial charge in [-0.25, -0.2) is 5.06 Å². The third-order valence-corrected chi connectivity index (χ3v) is 3.11. The zero-order valence-electron chi connectivity index (χ0n) is 10.6. The van der Waals surface area contributed by atoms with Gasteiger partial charge in [-0.2, -0.15) is 0 Å². The summed E-state index contributed by atoms with van der Waals surface area (Å²) in [6, 6.07) is 10.1. The molecular weight excluding hydrogens is 214 g/mol. The summed E-state index contributed by atoms with van der Waals surface area (Å²) in [6.45, 7) is 6.84. The number of rotatable bonds is 3. The molecule has 17 heavy (non-hydrogen) atoms. The third-order valence-electron chi connectivity index (χ3n) is 3.11. The Hall–Kier alpha value is -1.35. The lowest BCUT2D eigenvalue weighted by Gasteiger charge is -2.46. The van der Waals surface area contributed by atoms with Gasteiger partial charge in [0.05, 0.1) is 12.5 Å². The second-order valence-electron chi connectivity index (χ2n) is 5.56. The Bertz CT molecular complexity index is 394. The van der Waals surface area contributed by atoms with Gasteiger partial charge < -0.3 is 0 Å². The molecular formula is C14H19NO2. The van der Waals surface area contributed by atoms with Crippen molar-refractivity contribution in [2.75, 3.05) is 0 Å². The van der Waals surface area contributed by atoms with E-state index in [9.17, 15) is 4.79 Å². The first-order chi connectivity index (χ1) is 7.98. The fraction of sp³-hybridized carbons (Fsp3) is 0.500. The molecule has 1 aliphatic heterocycles. The fourth-order valence-electron chi connectivity index (χ4n) is 1.94. The van der Waals surface area contributed by atoms with Crippen molar-refractivity contribution in [3.63, 3.8) is 0 Å². The minimum atomic E-state index is 0.0740. The summed E-state index contributed by atoms with van der Waals surface area (Å²) in [5.74, 6) is 0.0841. The van der Waals surface area contributed by atoms with E-state index in [1.54, 1.807) is 0 Å². The molecule has 1 aromatic carbocycles. The minimum Gasteiger partial charge on any atom is -0.272 e. The maximum absolute atomic E-state index is 11.5. The largest absolute Gasteiger partial charge is 0.272 e. The number of amides is 1. The van der Waals surface area contributed by atoms with Crippen LogP contribution >= 0.6 is 0 Å². The molecule has 1 saturated heterocycles. The molecule has 1 amide bonds. The molecule has 3 heteroatoms. The molecule has 0 radical (unpaired) electrons. The molecule has 0 bridgehead atoms. The summed E-state index contributed by atoms with van der Waals surface area (Å²) in [6.07, 6.45) is 0.596. The van der Waals surface area contributed by atoms with E-state index >= 15 is 0 Å². The molecule has 0 spiro atoms. The Morgan fingerprint density at radius 1 is 1.29 bits per heavy atom. The fourth-order valence-corrected chi connectivity index (χ4v) is 1.94. The molecule has 0 saturated carbocycles. The van der Waals surface area contributed by atoms with Crippen molar-refractivity contribution >= 4 is 5.91 Å². The Labute approximate surface area is 102 Å². The number of hydrogen-bond acceptors (Lipinski definition) is 2. The average molecular weight is 233 g/mol. The highest BCUT2D eigenvalue weighted by Crippen LogP contribution is 2.35. The van der Waals surface area contributed by atoms with E-state index in [4.69, 9.17) is 4.84 Å². The molecule has 1 unspecified atom stereocenters. The summed E-state index contributed by atoms with van der Waals surface area (Å²) < 4.78 is 0. The number of carbonyl (C=O) groups excluding carboxylic acids is 1. The van der Waals surface area contributed by atoms with Crippen LogP contribution in [-0.4, -0.2) is 17.0 Å². The van der Waals surface area contributed by atoms with Crippen molar-refractivity contribution < 1.29 is 9.63 Å². The second-order valence-corrected chi connectivity index (χ2v) is 5.56. The van der Waals surface area contributed by atoms with Gasteiger partial charge in [0.25, 0.3) is 0 Å². The van der Waals surface area contributed by atoms with Crippen molar-refractivity contribution in [1.29, 1.82) is 0 Å². The zero-order chi connectivity index (χ0) is 12.5. The number of nitrogens with zero attached hydrogens (tertiary/aromatic N) is 1. The first kappa shape index (κ1) is 12.1. The lowest BCUT2D eigenvalue weighted by molar-refractivity contribution is -0.247. The van der Waals surface area contributed by atoms with E-state index in [0.717, 1.165) is 5.56 Å². The molecule has 2 rings (SSSR count). The van der Waals surface area contributed by atoms with E-state index < -0.39 is 0 Å². The molecule has 1 heterocycles. The highest BCUT2D eigenvalue weighted by atomic mass is 16.7. The van der Waals surface area contributed by atoms with Crippen LogP contribution in [0.5, 0.6) is 0 Å². The first-order valence-corrected chi connectivity index (χ1v) is 5.97. The molecule has 1 atom stereocenters. The number of β-lactam (4-membered cyclic amide) rings is 1. The van der Waals surface area contributed by atoms with Crippen LogP contribution in [0.2, 0.25) is 0 Å². The maximum Gasteiger partial charge on any atom is 0.248 e. The van der Waals surface area contributed by atoms with Gasteiger partial charge in [0.2, 0.25) is 5.91 Å². The van der Waals surface area contributed by atoms with Crippen LogP contribution < -0.4 is 0 Å². The van der Waals surface area contributed by atoms with Crippen molar-refractivity contribution in [2.24, 2.45) is 5.41 Å². The van der Waals surface area contributed by atoms with Gasteiger partial charge in [0.15, 0.2) is 0 Å².